The Balaban J connectivity index is 1.73. The summed E-state index contributed by atoms with van der Waals surface area (Å²) in [5.74, 6) is 0.0380. The third-order valence-corrected chi connectivity index (χ3v) is 6.20. The molecule has 0 spiro atoms. The van der Waals surface area contributed by atoms with Gasteiger partial charge in [0.1, 0.15) is 12.4 Å². The summed E-state index contributed by atoms with van der Waals surface area (Å²) in [5, 5.41) is 3.81. The second-order valence-electron chi connectivity index (χ2n) is 6.21. The van der Waals surface area contributed by atoms with Crippen LogP contribution in [0.15, 0.2) is 64.0 Å². The number of para-hydroxylation sites is 1. The van der Waals surface area contributed by atoms with Crippen LogP contribution in [0.25, 0.3) is 0 Å². The molecule has 0 saturated carbocycles. The van der Waals surface area contributed by atoms with Crippen LogP contribution in [0.2, 0.25) is 0 Å². The molecule has 0 unspecified atom stereocenters. The smallest absolute Gasteiger partial charge is 0.338 e. The Kier molecular flexibility index (Phi) is 5.51. The van der Waals surface area contributed by atoms with Crippen LogP contribution >= 0.6 is 0 Å². The number of carbonyl (C=O) groups is 1. The number of hydrogen-bond acceptors (Lipinski definition) is 6. The Morgan fingerprint density at radius 3 is 2.29 bits per heavy atom. The third kappa shape index (κ3) is 3.91. The number of nitrogens with zero attached hydrogens (tertiary/aromatic N) is 2. The van der Waals surface area contributed by atoms with Gasteiger partial charge in [0.15, 0.2) is 0 Å². The fraction of sp³-hybridized carbons (Fsp3) is 0.200. The van der Waals surface area contributed by atoms with Crippen molar-refractivity contribution in [3.63, 3.8) is 0 Å². The molecule has 0 saturated heterocycles. The van der Waals surface area contributed by atoms with Crippen molar-refractivity contribution in [2.24, 2.45) is 0 Å². The van der Waals surface area contributed by atoms with Crippen LogP contribution in [-0.4, -0.2) is 26.6 Å². The molecule has 0 aliphatic carbocycles. The lowest BCUT2D eigenvalue weighted by atomic mass is 10.2. The van der Waals surface area contributed by atoms with Gasteiger partial charge in [-0.05, 0) is 50.2 Å². The Hall–Kier alpha value is -3.13. The first-order valence-electron chi connectivity index (χ1n) is 8.53. The van der Waals surface area contributed by atoms with E-state index in [4.69, 9.17) is 9.26 Å². The predicted octanol–water partition coefficient (Wildman–Crippen LogP) is 3.47. The van der Waals surface area contributed by atoms with Crippen molar-refractivity contribution in [1.29, 1.82) is 0 Å². The summed E-state index contributed by atoms with van der Waals surface area (Å²) >= 11 is 0. The van der Waals surface area contributed by atoms with Crippen molar-refractivity contribution >= 4 is 21.7 Å². The van der Waals surface area contributed by atoms with Crippen molar-refractivity contribution in [3.8, 4) is 0 Å². The largest absolute Gasteiger partial charge is 0.457 e. The molecule has 28 heavy (non-hydrogen) atoms. The molecule has 7 nitrogen and oxygen atoms in total. The SMILES string of the molecule is Cc1noc(C)c1COC(=O)c1ccc(S(=O)(=O)N(C)c2ccccc2)cc1. The molecule has 146 valence electrons. The third-order valence-electron chi connectivity index (χ3n) is 4.40. The highest BCUT2D eigenvalue weighted by molar-refractivity contribution is 7.92. The fourth-order valence-electron chi connectivity index (χ4n) is 2.63. The zero-order valence-corrected chi connectivity index (χ0v) is 16.6. The van der Waals surface area contributed by atoms with E-state index in [9.17, 15) is 13.2 Å². The number of hydrogen-bond donors (Lipinski definition) is 0. The average molecular weight is 400 g/mol. The van der Waals surface area contributed by atoms with Gasteiger partial charge in [0.05, 0.1) is 27.4 Å². The number of anilines is 1. The van der Waals surface area contributed by atoms with Crippen LogP contribution in [-0.2, 0) is 21.4 Å². The van der Waals surface area contributed by atoms with E-state index in [1.807, 2.05) is 6.07 Å². The second kappa shape index (κ2) is 7.85. The maximum absolute atomic E-state index is 12.8. The van der Waals surface area contributed by atoms with Gasteiger partial charge in [-0.1, -0.05) is 23.4 Å². The lowest BCUT2D eigenvalue weighted by Gasteiger charge is -2.19. The molecule has 1 aromatic heterocycles. The molecular formula is C20H20N2O5S. The molecule has 0 fully saturated rings. The van der Waals surface area contributed by atoms with E-state index >= 15 is 0 Å². The zero-order valence-electron chi connectivity index (χ0n) is 15.7. The highest BCUT2D eigenvalue weighted by atomic mass is 32.2. The van der Waals surface area contributed by atoms with E-state index in [1.54, 1.807) is 38.1 Å². The summed E-state index contributed by atoms with van der Waals surface area (Å²) in [6.07, 6.45) is 0. The number of benzene rings is 2. The van der Waals surface area contributed by atoms with E-state index in [1.165, 1.54) is 35.6 Å². The molecule has 0 aliphatic rings. The number of rotatable bonds is 6. The first kappa shape index (κ1) is 19.6. The van der Waals surface area contributed by atoms with Crippen LogP contribution in [0.5, 0.6) is 0 Å². The van der Waals surface area contributed by atoms with Crippen LogP contribution in [0.3, 0.4) is 0 Å². The van der Waals surface area contributed by atoms with Crippen molar-refractivity contribution in [3.05, 3.63) is 77.2 Å². The summed E-state index contributed by atoms with van der Waals surface area (Å²) in [7, 11) is -2.25. The number of aromatic nitrogens is 1. The summed E-state index contributed by atoms with van der Waals surface area (Å²) in [4.78, 5) is 12.3. The van der Waals surface area contributed by atoms with E-state index in [-0.39, 0.29) is 17.1 Å². The fourth-order valence-corrected chi connectivity index (χ4v) is 3.82. The lowest BCUT2D eigenvalue weighted by molar-refractivity contribution is 0.0470. The molecule has 0 radical (unpaired) electrons. The number of esters is 1. The Labute approximate surface area is 163 Å². The molecule has 0 bridgehead atoms. The zero-order chi connectivity index (χ0) is 20.3. The van der Waals surface area contributed by atoms with E-state index < -0.39 is 16.0 Å². The van der Waals surface area contributed by atoms with Gasteiger partial charge in [-0.25, -0.2) is 13.2 Å². The first-order valence-corrected chi connectivity index (χ1v) is 9.97. The standard InChI is InChI=1S/C20H20N2O5S/c1-14-19(15(2)27-21-14)13-26-20(23)16-9-11-18(12-10-16)28(24,25)22(3)17-7-5-4-6-8-17/h4-12H,13H2,1-3H3. The molecule has 3 aromatic rings. The Bertz CT molecular complexity index is 1050. The number of sulfonamides is 1. The molecule has 0 amide bonds. The van der Waals surface area contributed by atoms with Gasteiger partial charge in [0.2, 0.25) is 0 Å². The maximum atomic E-state index is 12.8. The summed E-state index contributed by atoms with van der Waals surface area (Å²) in [6, 6.07) is 14.4. The average Bonchev–Trinajstić information content (AvgIpc) is 3.03. The molecule has 1 heterocycles. The molecular weight excluding hydrogens is 380 g/mol. The predicted molar refractivity (Wildman–Crippen MR) is 104 cm³/mol. The quantitative estimate of drug-likeness (QED) is 0.589. The molecule has 0 aliphatic heterocycles. The van der Waals surface area contributed by atoms with E-state index in [0.29, 0.717) is 17.1 Å². The van der Waals surface area contributed by atoms with E-state index in [2.05, 4.69) is 5.16 Å². The van der Waals surface area contributed by atoms with Gasteiger partial charge in [-0.15, -0.1) is 0 Å². The van der Waals surface area contributed by atoms with Crippen LogP contribution in [0, 0.1) is 13.8 Å². The number of ether oxygens (including phenoxy) is 1. The minimum absolute atomic E-state index is 0.0385. The summed E-state index contributed by atoms with van der Waals surface area (Å²) in [5.41, 5.74) is 2.19. The maximum Gasteiger partial charge on any atom is 0.338 e. The highest BCUT2D eigenvalue weighted by Gasteiger charge is 2.22. The van der Waals surface area contributed by atoms with Crippen molar-refractivity contribution in [2.75, 3.05) is 11.4 Å². The lowest BCUT2D eigenvalue weighted by Crippen LogP contribution is -2.26. The normalized spacial score (nSPS) is 11.2. The second-order valence-corrected chi connectivity index (χ2v) is 8.18. The number of aryl methyl sites for hydroxylation is 2. The van der Waals surface area contributed by atoms with Gasteiger partial charge < -0.3 is 9.26 Å². The van der Waals surface area contributed by atoms with E-state index in [0.717, 1.165) is 5.56 Å². The van der Waals surface area contributed by atoms with Crippen LogP contribution < -0.4 is 4.31 Å². The topological polar surface area (TPSA) is 89.7 Å². The minimum atomic E-state index is -3.73. The van der Waals surface area contributed by atoms with Gasteiger partial charge in [-0.2, -0.15) is 0 Å². The summed E-state index contributed by atoms with van der Waals surface area (Å²) in [6.45, 7) is 3.55. The number of carbonyl (C=O) groups excluding carboxylic acids is 1. The van der Waals surface area contributed by atoms with Gasteiger partial charge in [0, 0.05) is 7.05 Å². The molecule has 0 N–H and O–H groups in total. The minimum Gasteiger partial charge on any atom is -0.457 e. The van der Waals surface area contributed by atoms with Gasteiger partial charge >= 0.3 is 5.97 Å². The van der Waals surface area contributed by atoms with Crippen LogP contribution in [0.1, 0.15) is 27.4 Å². The van der Waals surface area contributed by atoms with Crippen molar-refractivity contribution in [1.82, 2.24) is 5.16 Å². The molecule has 3 rings (SSSR count). The van der Waals surface area contributed by atoms with Crippen molar-refractivity contribution in [2.45, 2.75) is 25.3 Å². The Morgan fingerprint density at radius 2 is 1.71 bits per heavy atom. The molecule has 2 aromatic carbocycles. The molecule has 8 heteroatoms. The molecule has 0 atom stereocenters. The highest BCUT2D eigenvalue weighted by Crippen LogP contribution is 2.22. The Morgan fingerprint density at radius 1 is 1.07 bits per heavy atom. The van der Waals surface area contributed by atoms with Crippen LogP contribution in [0.4, 0.5) is 5.69 Å². The van der Waals surface area contributed by atoms with Gasteiger partial charge in [0.25, 0.3) is 10.0 Å². The monoisotopic (exact) mass is 400 g/mol. The first-order chi connectivity index (χ1) is 13.3. The van der Waals surface area contributed by atoms with Gasteiger partial charge in [-0.3, -0.25) is 4.31 Å². The van der Waals surface area contributed by atoms with Crippen molar-refractivity contribution < 1.29 is 22.5 Å². The summed E-state index contributed by atoms with van der Waals surface area (Å²) < 4.78 is 37.0.